The molecule has 1 aromatic rings. The molecule has 18 heavy (non-hydrogen) atoms. The number of hydrogen-bond donors (Lipinski definition) is 2. The number of rotatable bonds is 4. The number of anilines is 1. The van der Waals surface area contributed by atoms with Crippen molar-refractivity contribution in [1.29, 1.82) is 0 Å². The Morgan fingerprint density at radius 2 is 2.17 bits per heavy atom. The van der Waals surface area contributed by atoms with E-state index in [0.29, 0.717) is 11.3 Å². The van der Waals surface area contributed by atoms with Crippen molar-refractivity contribution in [3.05, 3.63) is 29.6 Å². The average molecular weight is 254 g/mol. The van der Waals surface area contributed by atoms with Crippen LogP contribution in [0.15, 0.2) is 18.2 Å². The van der Waals surface area contributed by atoms with E-state index in [9.17, 15) is 14.0 Å². The summed E-state index contributed by atoms with van der Waals surface area (Å²) >= 11 is 0. The van der Waals surface area contributed by atoms with Gasteiger partial charge in [0.15, 0.2) is 6.04 Å². The first-order valence-electron chi connectivity index (χ1n) is 5.45. The topological polar surface area (TPSA) is 81.4 Å². The fraction of sp³-hybridized carbons (Fsp3) is 0.333. The Kier molecular flexibility index (Phi) is 4.79. The quantitative estimate of drug-likeness (QED) is 0.619. The predicted molar refractivity (Wildman–Crippen MR) is 64.4 cm³/mol. The van der Waals surface area contributed by atoms with Gasteiger partial charge >= 0.3 is 5.97 Å². The number of amides is 1. The normalized spacial score (nSPS) is 11.8. The summed E-state index contributed by atoms with van der Waals surface area (Å²) < 4.78 is 17.6. The van der Waals surface area contributed by atoms with E-state index in [1.165, 1.54) is 18.2 Å². The first-order valence-corrected chi connectivity index (χ1v) is 5.45. The third-order valence-electron chi connectivity index (χ3n) is 2.25. The fourth-order valence-corrected chi connectivity index (χ4v) is 1.28. The maximum Gasteiger partial charge on any atom is 0.332 e. The fourth-order valence-electron chi connectivity index (χ4n) is 1.28. The molecule has 1 amide bonds. The third kappa shape index (κ3) is 3.53. The van der Waals surface area contributed by atoms with E-state index < -0.39 is 17.9 Å². The van der Waals surface area contributed by atoms with Crippen molar-refractivity contribution in [3.8, 4) is 0 Å². The van der Waals surface area contributed by atoms with Crippen LogP contribution in [0.4, 0.5) is 10.1 Å². The molecular formula is C12H15FN2O3. The Labute approximate surface area is 104 Å². The summed E-state index contributed by atoms with van der Waals surface area (Å²) in [7, 11) is 0. The minimum Gasteiger partial charge on any atom is -0.464 e. The van der Waals surface area contributed by atoms with Crippen LogP contribution in [0.1, 0.15) is 12.5 Å². The van der Waals surface area contributed by atoms with Crippen molar-refractivity contribution in [2.75, 3.05) is 11.9 Å². The molecule has 0 fully saturated rings. The number of benzene rings is 1. The molecule has 3 N–H and O–H groups in total. The van der Waals surface area contributed by atoms with E-state index >= 15 is 0 Å². The maximum absolute atomic E-state index is 13.0. The number of aryl methyl sites for hydroxylation is 1. The molecule has 0 aliphatic carbocycles. The van der Waals surface area contributed by atoms with Gasteiger partial charge in [0.25, 0.3) is 5.91 Å². The van der Waals surface area contributed by atoms with E-state index in [-0.39, 0.29) is 12.4 Å². The summed E-state index contributed by atoms with van der Waals surface area (Å²) in [4.78, 5) is 22.8. The Balaban J connectivity index is 2.69. The molecule has 0 aliphatic heterocycles. The highest BCUT2D eigenvalue weighted by molar-refractivity contribution is 6.08. The second-order valence-electron chi connectivity index (χ2n) is 3.68. The van der Waals surface area contributed by atoms with Crippen LogP contribution in [0.3, 0.4) is 0 Å². The standard InChI is InChI=1S/C12H15FN2O3/c1-3-18-12(17)10(14)11(16)15-8-4-5-9(13)7(2)6-8/h4-6,10H,3,14H2,1-2H3,(H,15,16). The first kappa shape index (κ1) is 14.1. The lowest BCUT2D eigenvalue weighted by atomic mass is 10.2. The van der Waals surface area contributed by atoms with Gasteiger partial charge in [-0.25, -0.2) is 9.18 Å². The van der Waals surface area contributed by atoms with Gasteiger partial charge in [0.1, 0.15) is 5.82 Å². The van der Waals surface area contributed by atoms with Crippen LogP contribution in [0, 0.1) is 12.7 Å². The second kappa shape index (κ2) is 6.11. The highest BCUT2D eigenvalue weighted by Gasteiger charge is 2.23. The summed E-state index contributed by atoms with van der Waals surface area (Å²) in [6.07, 6.45) is 0. The zero-order valence-corrected chi connectivity index (χ0v) is 10.2. The average Bonchev–Trinajstić information content (AvgIpc) is 2.33. The van der Waals surface area contributed by atoms with Gasteiger partial charge in [-0.1, -0.05) is 0 Å². The Morgan fingerprint density at radius 3 is 2.72 bits per heavy atom. The Hall–Kier alpha value is -1.95. The van der Waals surface area contributed by atoms with Crippen molar-refractivity contribution in [2.24, 2.45) is 5.73 Å². The summed E-state index contributed by atoms with van der Waals surface area (Å²) in [5.74, 6) is -1.86. The number of nitrogens with two attached hydrogens (primary N) is 1. The zero-order valence-electron chi connectivity index (χ0n) is 10.2. The number of carbonyl (C=O) groups excluding carboxylic acids is 2. The molecule has 0 aromatic heterocycles. The third-order valence-corrected chi connectivity index (χ3v) is 2.25. The van der Waals surface area contributed by atoms with Crippen LogP contribution in [0.2, 0.25) is 0 Å². The number of hydrogen-bond acceptors (Lipinski definition) is 4. The molecule has 6 heteroatoms. The molecule has 0 bridgehead atoms. The Morgan fingerprint density at radius 1 is 1.50 bits per heavy atom. The van der Waals surface area contributed by atoms with E-state index in [2.05, 4.69) is 10.1 Å². The number of carbonyl (C=O) groups is 2. The van der Waals surface area contributed by atoms with Crippen LogP contribution in [0.5, 0.6) is 0 Å². The molecule has 1 atom stereocenters. The summed E-state index contributed by atoms with van der Waals surface area (Å²) in [5, 5.41) is 2.42. The van der Waals surface area contributed by atoms with Crippen molar-refractivity contribution < 1.29 is 18.7 Å². The van der Waals surface area contributed by atoms with Gasteiger partial charge in [-0.05, 0) is 37.6 Å². The SMILES string of the molecule is CCOC(=O)C(N)C(=O)Nc1ccc(F)c(C)c1. The van der Waals surface area contributed by atoms with Gasteiger partial charge in [0.2, 0.25) is 0 Å². The van der Waals surface area contributed by atoms with E-state index in [1.807, 2.05) is 0 Å². The minimum absolute atomic E-state index is 0.148. The summed E-state index contributed by atoms with van der Waals surface area (Å²) in [6, 6.07) is 2.67. The van der Waals surface area contributed by atoms with Crippen LogP contribution in [-0.2, 0) is 14.3 Å². The molecule has 0 radical (unpaired) electrons. The number of halogens is 1. The molecule has 0 saturated carbocycles. The molecule has 98 valence electrons. The molecular weight excluding hydrogens is 239 g/mol. The predicted octanol–water partition coefficient (Wildman–Crippen LogP) is 0.963. The van der Waals surface area contributed by atoms with E-state index in [1.54, 1.807) is 13.8 Å². The highest BCUT2D eigenvalue weighted by atomic mass is 19.1. The monoisotopic (exact) mass is 254 g/mol. The molecule has 0 saturated heterocycles. The zero-order chi connectivity index (χ0) is 13.7. The number of ether oxygens (including phenoxy) is 1. The second-order valence-corrected chi connectivity index (χ2v) is 3.68. The molecule has 5 nitrogen and oxygen atoms in total. The molecule has 0 spiro atoms. The summed E-state index contributed by atoms with van der Waals surface area (Å²) in [6.45, 7) is 3.33. The number of nitrogens with one attached hydrogen (secondary N) is 1. The van der Waals surface area contributed by atoms with Gasteiger partial charge in [0, 0.05) is 5.69 Å². The molecule has 1 unspecified atom stereocenters. The van der Waals surface area contributed by atoms with Crippen LogP contribution in [-0.4, -0.2) is 24.5 Å². The van der Waals surface area contributed by atoms with Gasteiger partial charge < -0.3 is 15.8 Å². The van der Waals surface area contributed by atoms with Crippen LogP contribution < -0.4 is 11.1 Å². The lowest BCUT2D eigenvalue weighted by Gasteiger charge is -2.11. The summed E-state index contributed by atoms with van der Waals surface area (Å²) in [5.41, 5.74) is 6.16. The first-order chi connectivity index (χ1) is 8.45. The number of esters is 1. The molecule has 0 heterocycles. The van der Waals surface area contributed by atoms with E-state index in [0.717, 1.165) is 0 Å². The lowest BCUT2D eigenvalue weighted by molar-refractivity contribution is -0.146. The maximum atomic E-state index is 13.0. The van der Waals surface area contributed by atoms with Gasteiger partial charge in [0.05, 0.1) is 6.61 Å². The largest absolute Gasteiger partial charge is 0.464 e. The minimum atomic E-state index is -1.39. The van der Waals surface area contributed by atoms with Crippen molar-refractivity contribution in [3.63, 3.8) is 0 Å². The van der Waals surface area contributed by atoms with E-state index in [4.69, 9.17) is 5.73 Å². The van der Waals surface area contributed by atoms with Crippen molar-refractivity contribution >= 4 is 17.6 Å². The molecule has 1 rings (SSSR count). The van der Waals surface area contributed by atoms with Gasteiger partial charge in [-0.15, -0.1) is 0 Å². The van der Waals surface area contributed by atoms with Gasteiger partial charge in [-0.2, -0.15) is 0 Å². The van der Waals surface area contributed by atoms with Crippen LogP contribution >= 0.6 is 0 Å². The molecule has 1 aromatic carbocycles. The lowest BCUT2D eigenvalue weighted by Crippen LogP contribution is -2.43. The van der Waals surface area contributed by atoms with Gasteiger partial charge in [-0.3, -0.25) is 4.79 Å². The highest BCUT2D eigenvalue weighted by Crippen LogP contribution is 2.13. The molecule has 0 aliphatic rings. The smallest absolute Gasteiger partial charge is 0.332 e. The van der Waals surface area contributed by atoms with Crippen molar-refractivity contribution in [2.45, 2.75) is 19.9 Å². The van der Waals surface area contributed by atoms with Crippen LogP contribution in [0.25, 0.3) is 0 Å². The van der Waals surface area contributed by atoms with Crippen molar-refractivity contribution in [1.82, 2.24) is 0 Å². The Bertz CT molecular complexity index is 463.